The number of benzene rings is 1. The Hall–Kier alpha value is -1.10. The predicted molar refractivity (Wildman–Crippen MR) is 51.0 cm³/mol. The molecule has 0 N–H and O–H groups in total. The first kappa shape index (κ1) is 12.4. The largest absolute Gasteiger partial charge is 0.452 e. The van der Waals surface area contributed by atoms with Crippen LogP contribution in [0.3, 0.4) is 0 Å². The van der Waals surface area contributed by atoms with Gasteiger partial charge in [0.2, 0.25) is 34.8 Å². The van der Waals surface area contributed by atoms with Crippen molar-refractivity contribution in [3.05, 3.63) is 29.1 Å². The molecular formula is C9H5F6OP. The number of ether oxygens (including phenoxy) is 1. The molecule has 1 nitrogen and oxygen atoms in total. The zero-order chi connectivity index (χ0) is 12.9. The van der Waals surface area contributed by atoms with Gasteiger partial charge in [-0.1, -0.05) is 0 Å². The van der Waals surface area contributed by atoms with Crippen LogP contribution in [0.1, 0.15) is 0 Å². The second-order valence-electron chi connectivity index (χ2n) is 3.41. The van der Waals surface area contributed by atoms with Gasteiger partial charge in [-0.25, -0.2) is 17.6 Å². The van der Waals surface area contributed by atoms with Crippen molar-refractivity contribution in [1.29, 1.82) is 0 Å². The van der Waals surface area contributed by atoms with E-state index < -0.39 is 48.3 Å². The summed E-state index contributed by atoms with van der Waals surface area (Å²) >= 11 is 0. The Morgan fingerprint density at radius 1 is 0.882 bits per heavy atom. The average Bonchev–Trinajstić information content (AvgIpc) is 2.87. The number of alkyl halides is 1. The lowest BCUT2D eigenvalue weighted by Crippen LogP contribution is -2.09. The smallest absolute Gasteiger partial charge is 0.207 e. The Bertz CT molecular complexity index is 512. The lowest BCUT2D eigenvalue weighted by atomic mass is 10.2. The van der Waals surface area contributed by atoms with E-state index in [0.717, 1.165) is 0 Å². The quantitative estimate of drug-likeness (QED) is 0.348. The number of hydrogen-bond donors (Lipinski definition) is 0. The second kappa shape index (κ2) is 3.98. The van der Waals surface area contributed by atoms with Crippen LogP contribution >= 0.6 is 7.55 Å². The lowest BCUT2D eigenvalue weighted by molar-refractivity contribution is 0.343. The van der Waals surface area contributed by atoms with Crippen LogP contribution in [0.2, 0.25) is 0 Å². The predicted octanol–water partition coefficient (Wildman–Crippen LogP) is 3.04. The topological polar surface area (TPSA) is 9.23 Å². The molecule has 0 bridgehead atoms. The molecule has 2 rings (SSSR count). The van der Waals surface area contributed by atoms with E-state index in [2.05, 4.69) is 4.74 Å². The van der Waals surface area contributed by atoms with E-state index in [1.807, 2.05) is 0 Å². The molecule has 1 aliphatic heterocycles. The number of halogens is 6. The molecule has 0 saturated carbocycles. The van der Waals surface area contributed by atoms with Crippen molar-refractivity contribution in [3.63, 3.8) is 0 Å². The van der Waals surface area contributed by atoms with E-state index in [4.69, 9.17) is 0 Å². The summed E-state index contributed by atoms with van der Waals surface area (Å²) in [7, 11) is -1.66. The maximum atomic E-state index is 13.1. The first-order valence-corrected chi connectivity index (χ1v) is 6.48. The first-order valence-electron chi connectivity index (χ1n) is 4.40. The van der Waals surface area contributed by atoms with Gasteiger partial charge in [0.05, 0.1) is 0 Å². The molecule has 1 heterocycles. The number of rotatable bonds is 2. The van der Waals surface area contributed by atoms with Gasteiger partial charge in [-0.15, -0.1) is 0 Å². The third-order valence-corrected chi connectivity index (χ3v) is 4.14. The van der Waals surface area contributed by atoms with Crippen molar-refractivity contribution in [2.24, 2.45) is 0 Å². The van der Waals surface area contributed by atoms with Crippen LogP contribution in [0.15, 0.2) is 0 Å². The van der Waals surface area contributed by atoms with Crippen LogP contribution in [0.5, 0.6) is 5.75 Å². The van der Waals surface area contributed by atoms with E-state index in [9.17, 15) is 26.3 Å². The fourth-order valence-corrected chi connectivity index (χ4v) is 2.48. The number of hydrogen-bond acceptors (Lipinski definition) is 1. The fraction of sp³-hybridized carbons (Fsp3) is 0.222. The van der Waals surface area contributed by atoms with Gasteiger partial charge in [0.1, 0.15) is 5.48 Å². The lowest BCUT2D eigenvalue weighted by Gasteiger charge is -2.07. The van der Waals surface area contributed by atoms with Crippen LogP contribution < -0.4 is 4.74 Å². The molecule has 0 aliphatic carbocycles. The Morgan fingerprint density at radius 2 is 1.24 bits per heavy atom. The molecule has 0 saturated heterocycles. The fourth-order valence-electron chi connectivity index (χ4n) is 1.19. The Morgan fingerprint density at radius 3 is 1.59 bits per heavy atom. The van der Waals surface area contributed by atoms with E-state index in [-0.39, 0.29) is 5.48 Å². The zero-order valence-corrected chi connectivity index (χ0v) is 9.25. The second-order valence-corrected chi connectivity index (χ2v) is 5.78. The zero-order valence-electron chi connectivity index (χ0n) is 8.25. The van der Waals surface area contributed by atoms with E-state index >= 15 is 0 Å². The highest BCUT2D eigenvalue weighted by Crippen LogP contribution is 2.47. The molecule has 0 aromatic heterocycles. The highest BCUT2D eigenvalue weighted by atomic mass is 31.1. The van der Waals surface area contributed by atoms with Crippen LogP contribution in [0, 0.1) is 29.1 Å². The molecule has 0 amide bonds. The molecule has 1 aromatic carbocycles. The minimum absolute atomic E-state index is 0.252. The summed E-state index contributed by atoms with van der Waals surface area (Å²) in [5.41, 5.74) is -0.252. The molecule has 1 aromatic rings. The Kier molecular flexibility index (Phi) is 2.89. The molecule has 1 aliphatic rings. The van der Waals surface area contributed by atoms with Crippen molar-refractivity contribution in [2.45, 2.75) is 5.91 Å². The summed E-state index contributed by atoms with van der Waals surface area (Å²) in [4.78, 5) is 0. The van der Waals surface area contributed by atoms with E-state index in [1.165, 1.54) is 6.66 Å². The van der Waals surface area contributed by atoms with Gasteiger partial charge in [0.15, 0.2) is 5.91 Å². The van der Waals surface area contributed by atoms with Gasteiger partial charge in [0.25, 0.3) is 0 Å². The van der Waals surface area contributed by atoms with Gasteiger partial charge < -0.3 is 4.74 Å². The summed E-state index contributed by atoms with van der Waals surface area (Å²) in [6, 6.07) is 0. The van der Waals surface area contributed by atoms with Crippen LogP contribution in [-0.2, 0) is 0 Å². The van der Waals surface area contributed by atoms with E-state index in [0.29, 0.717) is 0 Å². The van der Waals surface area contributed by atoms with Crippen molar-refractivity contribution >= 4 is 13.0 Å². The minimum Gasteiger partial charge on any atom is -0.452 e. The maximum Gasteiger partial charge on any atom is 0.207 e. The summed E-state index contributed by atoms with van der Waals surface area (Å²) in [6.07, 6.45) is 0. The third kappa shape index (κ3) is 1.82. The summed E-state index contributed by atoms with van der Waals surface area (Å²) in [5, 5.41) is 0. The molecule has 8 heteroatoms. The molecule has 0 spiro atoms. The summed E-state index contributed by atoms with van der Waals surface area (Å²) in [5.74, 6) is -13.6. The molecule has 0 fully saturated rings. The summed E-state index contributed by atoms with van der Waals surface area (Å²) in [6.45, 7) is 1.46. The van der Waals surface area contributed by atoms with Crippen molar-refractivity contribution in [1.82, 2.24) is 0 Å². The molecular weight excluding hydrogens is 269 g/mol. The maximum absolute atomic E-state index is 13.1. The molecule has 2 unspecified atom stereocenters. The van der Waals surface area contributed by atoms with Gasteiger partial charge in [-0.2, -0.15) is 8.78 Å². The first-order chi connectivity index (χ1) is 7.86. The van der Waals surface area contributed by atoms with Gasteiger partial charge in [-0.3, -0.25) is 0 Å². The van der Waals surface area contributed by atoms with Crippen molar-refractivity contribution in [3.8, 4) is 5.75 Å². The normalized spacial score (nSPS) is 22.9. The standard InChI is InChI=1S/C9H5F6OP/c1-17-8(15)9(17)16-7-5(13)3(11)2(10)4(12)6(7)14/h8,17H,1H3. The van der Waals surface area contributed by atoms with Gasteiger partial charge in [0, 0.05) is 0 Å². The Labute approximate surface area is 92.4 Å². The highest BCUT2D eigenvalue weighted by molar-refractivity contribution is 7.69. The van der Waals surface area contributed by atoms with Crippen LogP contribution in [0.25, 0.3) is 0 Å². The van der Waals surface area contributed by atoms with Crippen molar-refractivity contribution < 1.29 is 31.1 Å². The van der Waals surface area contributed by atoms with Crippen molar-refractivity contribution in [2.75, 3.05) is 6.66 Å². The monoisotopic (exact) mass is 274 g/mol. The minimum atomic E-state index is -2.27. The van der Waals surface area contributed by atoms with Crippen LogP contribution in [-0.4, -0.2) is 18.1 Å². The van der Waals surface area contributed by atoms with Gasteiger partial charge in [-0.05, 0) is 14.2 Å². The SMILES string of the molecule is C[PH]1=C(Oc2c(F)c(F)c(F)c(F)c2F)C1F. The molecule has 94 valence electrons. The highest BCUT2D eigenvalue weighted by Gasteiger charge is 2.37. The van der Waals surface area contributed by atoms with E-state index in [1.54, 1.807) is 0 Å². The third-order valence-electron chi connectivity index (χ3n) is 2.30. The molecule has 2 atom stereocenters. The molecule has 17 heavy (non-hydrogen) atoms. The Balaban J connectivity index is 2.48. The van der Waals surface area contributed by atoms with Crippen LogP contribution in [0.4, 0.5) is 26.3 Å². The van der Waals surface area contributed by atoms with Gasteiger partial charge >= 0.3 is 0 Å². The molecule has 0 radical (unpaired) electrons. The summed E-state index contributed by atoms with van der Waals surface area (Å²) < 4.78 is 81.5. The average molecular weight is 274 g/mol.